The SMILES string of the molecule is CC[C@H](Oc1ccc2ccccc2c1)C(=O)N[C@@H](C)c1ccccc1OC. The molecule has 4 nitrogen and oxygen atoms in total. The van der Waals surface area contributed by atoms with Gasteiger partial charge in [0.2, 0.25) is 0 Å². The number of fused-ring (bicyclic) bond motifs is 1. The number of para-hydroxylation sites is 1. The fourth-order valence-electron chi connectivity index (χ4n) is 3.14. The molecular weight excluding hydrogens is 338 g/mol. The van der Waals surface area contributed by atoms with Crippen molar-refractivity contribution in [3.05, 3.63) is 72.3 Å². The van der Waals surface area contributed by atoms with Crippen molar-refractivity contribution in [2.24, 2.45) is 0 Å². The summed E-state index contributed by atoms with van der Waals surface area (Å²) in [5.41, 5.74) is 0.939. The van der Waals surface area contributed by atoms with Gasteiger partial charge < -0.3 is 14.8 Å². The highest BCUT2D eigenvalue weighted by Crippen LogP contribution is 2.25. The molecule has 0 radical (unpaired) electrons. The molecular formula is C23H25NO3. The molecule has 3 aromatic rings. The van der Waals surface area contributed by atoms with E-state index in [-0.39, 0.29) is 11.9 Å². The summed E-state index contributed by atoms with van der Waals surface area (Å²) in [6.07, 6.45) is 0.0282. The van der Waals surface area contributed by atoms with Gasteiger partial charge in [-0.1, -0.05) is 55.5 Å². The van der Waals surface area contributed by atoms with Crippen LogP contribution in [0.1, 0.15) is 31.9 Å². The molecule has 4 heteroatoms. The van der Waals surface area contributed by atoms with Crippen LogP contribution in [0.4, 0.5) is 0 Å². The molecule has 0 aliphatic heterocycles. The standard InChI is InChI=1S/C23H25NO3/c1-4-21(27-19-14-13-17-9-5-6-10-18(17)15-19)23(25)24-16(2)20-11-7-8-12-22(20)26-3/h5-16,21H,4H2,1-3H3,(H,24,25)/t16-,21-/m0/s1. The first-order valence-electron chi connectivity index (χ1n) is 9.21. The summed E-state index contributed by atoms with van der Waals surface area (Å²) < 4.78 is 11.4. The van der Waals surface area contributed by atoms with E-state index in [1.807, 2.05) is 74.5 Å². The van der Waals surface area contributed by atoms with Gasteiger partial charge in [0.25, 0.3) is 5.91 Å². The maximum Gasteiger partial charge on any atom is 0.261 e. The van der Waals surface area contributed by atoms with Gasteiger partial charge in [-0.3, -0.25) is 4.79 Å². The number of methoxy groups -OCH3 is 1. The first-order chi connectivity index (χ1) is 13.1. The average Bonchev–Trinajstić information content (AvgIpc) is 2.71. The zero-order valence-corrected chi connectivity index (χ0v) is 15.9. The number of carbonyl (C=O) groups excluding carboxylic acids is 1. The monoisotopic (exact) mass is 363 g/mol. The molecule has 2 atom stereocenters. The van der Waals surface area contributed by atoms with E-state index in [4.69, 9.17) is 9.47 Å². The molecule has 3 rings (SSSR count). The molecule has 3 aromatic carbocycles. The van der Waals surface area contributed by atoms with Gasteiger partial charge in [0.1, 0.15) is 11.5 Å². The highest BCUT2D eigenvalue weighted by Gasteiger charge is 2.22. The van der Waals surface area contributed by atoms with Gasteiger partial charge in [-0.2, -0.15) is 0 Å². The van der Waals surface area contributed by atoms with Crippen LogP contribution in [0.5, 0.6) is 11.5 Å². The maximum absolute atomic E-state index is 12.7. The lowest BCUT2D eigenvalue weighted by atomic mass is 10.1. The Bertz CT molecular complexity index is 922. The number of hydrogen-bond acceptors (Lipinski definition) is 3. The molecule has 0 aliphatic carbocycles. The minimum Gasteiger partial charge on any atom is -0.496 e. The average molecular weight is 363 g/mol. The lowest BCUT2D eigenvalue weighted by molar-refractivity contribution is -0.128. The van der Waals surface area contributed by atoms with E-state index in [1.54, 1.807) is 7.11 Å². The van der Waals surface area contributed by atoms with Crippen molar-refractivity contribution in [1.82, 2.24) is 5.32 Å². The molecule has 0 bridgehead atoms. The number of nitrogens with one attached hydrogen (secondary N) is 1. The molecule has 1 N–H and O–H groups in total. The van der Waals surface area contributed by atoms with Crippen molar-refractivity contribution in [1.29, 1.82) is 0 Å². The molecule has 0 heterocycles. The number of hydrogen-bond donors (Lipinski definition) is 1. The van der Waals surface area contributed by atoms with Gasteiger partial charge >= 0.3 is 0 Å². The quantitative estimate of drug-likeness (QED) is 0.650. The minimum absolute atomic E-state index is 0.135. The first-order valence-corrected chi connectivity index (χ1v) is 9.21. The Morgan fingerprint density at radius 3 is 2.44 bits per heavy atom. The van der Waals surface area contributed by atoms with Crippen molar-refractivity contribution in [2.45, 2.75) is 32.4 Å². The van der Waals surface area contributed by atoms with E-state index in [0.717, 1.165) is 22.1 Å². The second kappa shape index (κ2) is 8.58. The van der Waals surface area contributed by atoms with E-state index >= 15 is 0 Å². The number of benzene rings is 3. The third-order valence-corrected chi connectivity index (χ3v) is 4.63. The van der Waals surface area contributed by atoms with Crippen molar-refractivity contribution >= 4 is 16.7 Å². The van der Waals surface area contributed by atoms with E-state index in [9.17, 15) is 4.79 Å². The highest BCUT2D eigenvalue weighted by molar-refractivity contribution is 5.84. The summed E-state index contributed by atoms with van der Waals surface area (Å²) in [6.45, 7) is 3.89. The van der Waals surface area contributed by atoms with Gasteiger partial charge in [0.05, 0.1) is 13.2 Å². The van der Waals surface area contributed by atoms with Gasteiger partial charge in [-0.15, -0.1) is 0 Å². The Morgan fingerprint density at radius 1 is 1.00 bits per heavy atom. The van der Waals surface area contributed by atoms with Crippen LogP contribution in [-0.2, 0) is 4.79 Å². The van der Waals surface area contributed by atoms with Crippen molar-refractivity contribution in [3.8, 4) is 11.5 Å². The van der Waals surface area contributed by atoms with Crippen molar-refractivity contribution < 1.29 is 14.3 Å². The summed E-state index contributed by atoms with van der Waals surface area (Å²) >= 11 is 0. The van der Waals surface area contributed by atoms with Crippen LogP contribution >= 0.6 is 0 Å². The van der Waals surface area contributed by atoms with Crippen LogP contribution in [0.3, 0.4) is 0 Å². The van der Waals surface area contributed by atoms with Crippen LogP contribution in [0.25, 0.3) is 10.8 Å². The lowest BCUT2D eigenvalue weighted by Crippen LogP contribution is -2.39. The summed E-state index contributed by atoms with van der Waals surface area (Å²) in [4.78, 5) is 12.7. The Labute approximate surface area is 160 Å². The molecule has 27 heavy (non-hydrogen) atoms. The third kappa shape index (κ3) is 4.40. The van der Waals surface area contributed by atoms with Crippen LogP contribution in [0.2, 0.25) is 0 Å². The van der Waals surface area contributed by atoms with Crippen molar-refractivity contribution in [3.63, 3.8) is 0 Å². The minimum atomic E-state index is -0.552. The predicted octanol–water partition coefficient (Wildman–Crippen LogP) is 4.88. The fourth-order valence-corrected chi connectivity index (χ4v) is 3.14. The smallest absolute Gasteiger partial charge is 0.261 e. The van der Waals surface area contributed by atoms with Crippen molar-refractivity contribution in [2.75, 3.05) is 7.11 Å². The molecule has 0 aromatic heterocycles. The summed E-state index contributed by atoms with van der Waals surface area (Å²) in [6, 6.07) is 21.5. The first kappa shape index (κ1) is 18.8. The topological polar surface area (TPSA) is 47.6 Å². The van der Waals surface area contributed by atoms with E-state index < -0.39 is 6.10 Å². The summed E-state index contributed by atoms with van der Waals surface area (Å²) in [5.74, 6) is 1.32. The third-order valence-electron chi connectivity index (χ3n) is 4.63. The lowest BCUT2D eigenvalue weighted by Gasteiger charge is -2.22. The Kier molecular flexibility index (Phi) is 5.97. The van der Waals surface area contributed by atoms with Crippen LogP contribution in [-0.4, -0.2) is 19.1 Å². The van der Waals surface area contributed by atoms with Gasteiger partial charge in [0, 0.05) is 5.56 Å². The molecule has 1 amide bonds. The second-order valence-electron chi connectivity index (χ2n) is 6.50. The molecule has 0 spiro atoms. The van der Waals surface area contributed by atoms with E-state index in [0.29, 0.717) is 12.2 Å². The normalized spacial score (nSPS) is 13.0. The van der Waals surface area contributed by atoms with Crippen LogP contribution in [0, 0.1) is 0 Å². The molecule has 0 unspecified atom stereocenters. The van der Waals surface area contributed by atoms with Gasteiger partial charge in [0.15, 0.2) is 6.10 Å². The highest BCUT2D eigenvalue weighted by atomic mass is 16.5. The fraction of sp³-hybridized carbons (Fsp3) is 0.261. The molecule has 0 saturated carbocycles. The summed E-state index contributed by atoms with van der Waals surface area (Å²) in [7, 11) is 1.63. The number of rotatable bonds is 7. The number of amides is 1. The Morgan fingerprint density at radius 2 is 1.70 bits per heavy atom. The Hall–Kier alpha value is -3.01. The zero-order valence-electron chi connectivity index (χ0n) is 15.9. The molecule has 0 fully saturated rings. The maximum atomic E-state index is 12.7. The van der Waals surface area contributed by atoms with Crippen LogP contribution < -0.4 is 14.8 Å². The zero-order chi connectivity index (χ0) is 19.2. The van der Waals surface area contributed by atoms with E-state index in [2.05, 4.69) is 11.4 Å². The van der Waals surface area contributed by atoms with E-state index in [1.165, 1.54) is 0 Å². The summed E-state index contributed by atoms with van der Waals surface area (Å²) in [5, 5.41) is 5.27. The molecule has 0 saturated heterocycles. The molecule has 0 aliphatic rings. The predicted molar refractivity (Wildman–Crippen MR) is 108 cm³/mol. The van der Waals surface area contributed by atoms with Gasteiger partial charge in [-0.05, 0) is 42.3 Å². The van der Waals surface area contributed by atoms with Crippen LogP contribution in [0.15, 0.2) is 66.7 Å². The van der Waals surface area contributed by atoms with Gasteiger partial charge in [-0.25, -0.2) is 0 Å². The Balaban J connectivity index is 1.71. The molecule has 140 valence electrons. The largest absolute Gasteiger partial charge is 0.496 e. The number of carbonyl (C=O) groups is 1. The second-order valence-corrected chi connectivity index (χ2v) is 6.50. The number of ether oxygens (including phenoxy) is 2.